The zero-order valence-electron chi connectivity index (χ0n) is 13.8. The summed E-state index contributed by atoms with van der Waals surface area (Å²) in [6.07, 6.45) is 4.26. The maximum atomic E-state index is 12.5. The van der Waals surface area contributed by atoms with Crippen molar-refractivity contribution in [2.75, 3.05) is 19.8 Å². The maximum Gasteiger partial charge on any atom is 0.251 e. The van der Waals surface area contributed by atoms with Crippen molar-refractivity contribution in [1.82, 2.24) is 16.2 Å². The zero-order chi connectivity index (χ0) is 16.4. The lowest BCUT2D eigenvalue weighted by Crippen LogP contribution is -2.45. The summed E-state index contributed by atoms with van der Waals surface area (Å²) in [5.74, 6) is 1.50. The fourth-order valence-electron chi connectivity index (χ4n) is 3.86. The van der Waals surface area contributed by atoms with Crippen LogP contribution in [0.4, 0.5) is 0 Å². The molecule has 4 unspecified atom stereocenters. The van der Waals surface area contributed by atoms with Gasteiger partial charge >= 0.3 is 0 Å². The number of nitrogens with one attached hydrogen (secondary N) is 3. The van der Waals surface area contributed by atoms with Crippen LogP contribution in [0.1, 0.15) is 36.0 Å². The summed E-state index contributed by atoms with van der Waals surface area (Å²) in [7, 11) is 0. The minimum absolute atomic E-state index is 0.000144. The quantitative estimate of drug-likeness (QED) is 0.774. The summed E-state index contributed by atoms with van der Waals surface area (Å²) >= 11 is 0. The molecule has 24 heavy (non-hydrogen) atoms. The Morgan fingerprint density at radius 3 is 2.88 bits per heavy atom. The molecule has 4 rings (SSSR count). The summed E-state index contributed by atoms with van der Waals surface area (Å²) in [5, 5.41) is 3.17. The van der Waals surface area contributed by atoms with E-state index in [0.717, 1.165) is 44.6 Å². The Labute approximate surface area is 142 Å². The van der Waals surface area contributed by atoms with Crippen LogP contribution in [0.3, 0.4) is 0 Å². The normalized spacial score (nSPS) is 32.3. The largest absolute Gasteiger partial charge is 0.488 e. The van der Waals surface area contributed by atoms with E-state index in [1.807, 2.05) is 24.3 Å². The van der Waals surface area contributed by atoms with Gasteiger partial charge in [-0.15, -0.1) is 0 Å². The average molecular weight is 331 g/mol. The monoisotopic (exact) mass is 331 g/mol. The van der Waals surface area contributed by atoms with Crippen LogP contribution in [0.15, 0.2) is 24.3 Å². The molecule has 6 nitrogen and oxygen atoms in total. The number of rotatable bonds is 4. The van der Waals surface area contributed by atoms with Gasteiger partial charge in [0.25, 0.3) is 5.91 Å². The molecule has 1 saturated carbocycles. The van der Waals surface area contributed by atoms with Gasteiger partial charge in [0.05, 0.1) is 13.2 Å². The van der Waals surface area contributed by atoms with Gasteiger partial charge in [-0.25, -0.2) is 0 Å². The van der Waals surface area contributed by atoms with E-state index in [1.165, 1.54) is 0 Å². The van der Waals surface area contributed by atoms with E-state index in [-0.39, 0.29) is 18.1 Å². The minimum Gasteiger partial charge on any atom is -0.488 e. The van der Waals surface area contributed by atoms with Crippen LogP contribution in [0.25, 0.3) is 0 Å². The second-order valence-electron chi connectivity index (χ2n) is 7.00. The highest BCUT2D eigenvalue weighted by Crippen LogP contribution is 2.27. The fraction of sp³-hybridized carbons (Fsp3) is 0.611. The van der Waals surface area contributed by atoms with Crippen LogP contribution in [0.5, 0.6) is 5.75 Å². The van der Waals surface area contributed by atoms with Gasteiger partial charge < -0.3 is 14.8 Å². The Kier molecular flexibility index (Phi) is 4.69. The molecular weight excluding hydrogens is 306 g/mol. The number of ether oxygens (including phenoxy) is 2. The van der Waals surface area contributed by atoms with E-state index < -0.39 is 0 Å². The van der Waals surface area contributed by atoms with Gasteiger partial charge in [0.1, 0.15) is 11.9 Å². The fourth-order valence-corrected chi connectivity index (χ4v) is 3.86. The first-order valence-corrected chi connectivity index (χ1v) is 8.91. The number of amides is 1. The molecule has 2 saturated heterocycles. The number of fused-ring (bicyclic) bond motifs is 1. The molecule has 0 radical (unpaired) electrons. The number of hydrogen-bond donors (Lipinski definition) is 3. The third-order valence-corrected chi connectivity index (χ3v) is 5.29. The molecule has 0 aromatic heterocycles. The van der Waals surface area contributed by atoms with Crippen LogP contribution in [-0.2, 0) is 4.74 Å². The summed E-state index contributed by atoms with van der Waals surface area (Å²) < 4.78 is 11.1. The maximum absolute atomic E-state index is 12.5. The molecule has 1 aromatic carbocycles. The third kappa shape index (κ3) is 3.55. The van der Waals surface area contributed by atoms with Gasteiger partial charge in [-0.05, 0) is 49.4 Å². The predicted molar refractivity (Wildman–Crippen MR) is 89.8 cm³/mol. The number of carbonyl (C=O) groups is 1. The molecule has 3 fully saturated rings. The molecule has 0 bridgehead atoms. The number of hydrogen-bond acceptors (Lipinski definition) is 5. The van der Waals surface area contributed by atoms with E-state index in [9.17, 15) is 4.79 Å². The van der Waals surface area contributed by atoms with Crippen molar-refractivity contribution in [3.05, 3.63) is 29.8 Å². The molecule has 3 aliphatic rings. The Bertz CT molecular complexity index is 571. The van der Waals surface area contributed by atoms with Gasteiger partial charge in [-0.1, -0.05) is 0 Å². The standard InChI is InChI=1S/C18H25N3O3/c22-18(20-14-4-1-13-10-19-21-17(13)9-14)12-2-5-15(6-3-12)24-16-7-8-23-11-16/h2-3,5-6,13-14,16-17,19,21H,1,4,7-11H2,(H,20,22). The first kappa shape index (κ1) is 15.9. The van der Waals surface area contributed by atoms with Crippen LogP contribution >= 0.6 is 0 Å². The number of carbonyl (C=O) groups excluding carboxylic acids is 1. The van der Waals surface area contributed by atoms with Gasteiger partial charge in [-0.3, -0.25) is 15.6 Å². The molecule has 1 aromatic rings. The summed E-state index contributed by atoms with van der Waals surface area (Å²) in [6, 6.07) is 8.13. The highest BCUT2D eigenvalue weighted by molar-refractivity contribution is 5.94. The molecule has 2 aliphatic heterocycles. The van der Waals surface area contributed by atoms with Crippen LogP contribution < -0.4 is 20.9 Å². The minimum atomic E-state index is 0.000144. The van der Waals surface area contributed by atoms with Crippen molar-refractivity contribution in [2.24, 2.45) is 5.92 Å². The molecule has 4 atom stereocenters. The van der Waals surface area contributed by atoms with E-state index in [1.54, 1.807) is 0 Å². The summed E-state index contributed by atoms with van der Waals surface area (Å²) in [6.45, 7) is 2.45. The van der Waals surface area contributed by atoms with Crippen molar-refractivity contribution in [3.63, 3.8) is 0 Å². The van der Waals surface area contributed by atoms with E-state index >= 15 is 0 Å². The third-order valence-electron chi connectivity index (χ3n) is 5.29. The van der Waals surface area contributed by atoms with Crippen LogP contribution in [-0.4, -0.2) is 43.9 Å². The van der Waals surface area contributed by atoms with Crippen LogP contribution in [0, 0.1) is 5.92 Å². The van der Waals surface area contributed by atoms with E-state index in [2.05, 4.69) is 16.2 Å². The van der Waals surface area contributed by atoms with Gasteiger partial charge in [0.2, 0.25) is 0 Å². The van der Waals surface area contributed by atoms with Gasteiger partial charge in [0.15, 0.2) is 0 Å². The topological polar surface area (TPSA) is 71.6 Å². The van der Waals surface area contributed by atoms with Crippen molar-refractivity contribution in [1.29, 1.82) is 0 Å². The molecule has 0 spiro atoms. The molecule has 3 N–H and O–H groups in total. The highest BCUT2D eigenvalue weighted by Gasteiger charge is 2.34. The molecule has 130 valence electrons. The van der Waals surface area contributed by atoms with Crippen molar-refractivity contribution >= 4 is 5.91 Å². The Morgan fingerprint density at radius 1 is 1.21 bits per heavy atom. The summed E-state index contributed by atoms with van der Waals surface area (Å²) in [4.78, 5) is 12.5. The molecule has 2 heterocycles. The number of hydrazine groups is 1. The lowest BCUT2D eigenvalue weighted by atomic mass is 9.83. The average Bonchev–Trinajstić information content (AvgIpc) is 3.26. The molecular formula is C18H25N3O3. The van der Waals surface area contributed by atoms with Gasteiger partial charge in [0, 0.05) is 30.6 Å². The van der Waals surface area contributed by atoms with Crippen molar-refractivity contribution in [2.45, 2.75) is 43.9 Å². The Hall–Kier alpha value is -1.63. The van der Waals surface area contributed by atoms with Crippen molar-refractivity contribution < 1.29 is 14.3 Å². The van der Waals surface area contributed by atoms with Gasteiger partial charge in [-0.2, -0.15) is 0 Å². The first-order valence-electron chi connectivity index (χ1n) is 8.91. The van der Waals surface area contributed by atoms with E-state index in [0.29, 0.717) is 24.1 Å². The number of benzene rings is 1. The zero-order valence-corrected chi connectivity index (χ0v) is 13.8. The lowest BCUT2D eigenvalue weighted by Gasteiger charge is -2.31. The summed E-state index contributed by atoms with van der Waals surface area (Å²) in [5.41, 5.74) is 7.22. The first-order chi connectivity index (χ1) is 11.8. The van der Waals surface area contributed by atoms with Crippen LogP contribution in [0.2, 0.25) is 0 Å². The lowest BCUT2D eigenvalue weighted by molar-refractivity contribution is 0.0919. The Morgan fingerprint density at radius 2 is 2.08 bits per heavy atom. The predicted octanol–water partition coefficient (Wildman–Crippen LogP) is 1.23. The highest BCUT2D eigenvalue weighted by atomic mass is 16.5. The second kappa shape index (κ2) is 7.09. The molecule has 6 heteroatoms. The molecule has 1 aliphatic carbocycles. The second-order valence-corrected chi connectivity index (χ2v) is 7.00. The Balaban J connectivity index is 1.31. The van der Waals surface area contributed by atoms with E-state index in [4.69, 9.17) is 9.47 Å². The van der Waals surface area contributed by atoms with Crippen molar-refractivity contribution in [3.8, 4) is 5.75 Å². The molecule has 1 amide bonds. The smallest absolute Gasteiger partial charge is 0.251 e. The SMILES string of the molecule is O=C(NC1CCC2CNNC2C1)c1ccc(OC2CCOC2)cc1.